The Morgan fingerprint density at radius 2 is 0.472 bits per heavy atom. The molecule has 0 amide bonds. The zero-order valence-electron chi connectivity index (χ0n) is 58.7. The number of halogens is 10. The minimum Gasteiger partial charge on any atom is -0.354 e. The van der Waals surface area contributed by atoms with Gasteiger partial charge in [0.1, 0.15) is 0 Å². The Balaban J connectivity index is 1.02. The summed E-state index contributed by atoms with van der Waals surface area (Å²) >= 11 is 9.13. The van der Waals surface area contributed by atoms with Crippen molar-refractivity contribution >= 4 is 150 Å². The standard InChI is InChI=1S/C86H58F10N4S6/c1-33-21-37(5)61(38(6)22-33)67-49-17-13-45(97-49)65(71-73(87)77(91)81(95)78(92)74(71)88)46-14-18-50(98-46)69(63-41(9)25-35(3)26-42(63)10)55-31-59-85(105-55)86-60(102-59)32-56(106-86)70(64-43(11)27-36(4)28-44(64)12)52-20-16-48(100-52)66(72-75(89)79(93)82(96)80(94)76(72)90)47-15-19-51(99-47)68(62-39(7)23-34(2)24-40(62)8)54-30-58-84(104-54)83-57(101-58)29-53(67)103-83/h13-32,97,100H,1-12H3. The minimum absolute atomic E-state index is 0.0247. The average molecular weight is 1530 g/mol. The van der Waals surface area contributed by atoms with Crippen LogP contribution in [0.4, 0.5) is 43.9 Å². The van der Waals surface area contributed by atoms with Crippen molar-refractivity contribution in [3.63, 3.8) is 0 Å². The molecule has 0 unspecified atom stereocenters. The largest absolute Gasteiger partial charge is 0.354 e. The normalized spacial score (nSPS) is 14.2. The van der Waals surface area contributed by atoms with Crippen LogP contribution in [0.25, 0.3) is 71.0 Å². The Hall–Kier alpha value is -9.80. The second kappa shape index (κ2) is 25.4. The molecular weight excluding hydrogens is 1470 g/mol. The first-order chi connectivity index (χ1) is 50.6. The van der Waals surface area contributed by atoms with E-state index in [1.807, 2.05) is 83.1 Å². The van der Waals surface area contributed by atoms with Crippen molar-refractivity contribution in [2.24, 2.45) is 9.98 Å². The molecule has 0 fully saturated rings. The lowest BCUT2D eigenvalue weighted by Gasteiger charge is -2.16. The summed E-state index contributed by atoms with van der Waals surface area (Å²) < 4.78 is 170. The molecular formula is C86H58F10N4S6. The van der Waals surface area contributed by atoms with Gasteiger partial charge in [0.05, 0.1) is 52.7 Å². The number of aryl methyl sites for hydroxylation is 12. The maximum Gasteiger partial charge on any atom is 0.200 e. The zero-order valence-corrected chi connectivity index (χ0v) is 63.6. The van der Waals surface area contributed by atoms with E-state index in [-0.39, 0.29) is 33.3 Å². The molecule has 6 aromatic carbocycles. The summed E-state index contributed by atoms with van der Waals surface area (Å²) in [6, 6.07) is 31.4. The molecule has 3 aliphatic rings. The summed E-state index contributed by atoms with van der Waals surface area (Å²) in [5, 5.41) is 0.994. The number of hydrogen-bond donors (Lipinski definition) is 2. The zero-order chi connectivity index (χ0) is 74.4. The summed E-state index contributed by atoms with van der Waals surface area (Å²) in [6.07, 6.45) is 6.52. The number of allylic oxidation sites excluding steroid dienone is 4. The van der Waals surface area contributed by atoms with Gasteiger partial charge in [0, 0.05) is 93.1 Å². The van der Waals surface area contributed by atoms with Gasteiger partial charge in [-0.25, -0.2) is 53.9 Å². The van der Waals surface area contributed by atoms with E-state index in [2.05, 4.69) is 82.8 Å². The van der Waals surface area contributed by atoms with Crippen molar-refractivity contribution in [3.05, 3.63) is 332 Å². The molecule has 11 heterocycles. The molecule has 8 aromatic heterocycles. The highest BCUT2D eigenvalue weighted by atomic mass is 32.1. The number of nitrogens with zero attached hydrogens (tertiary/aromatic N) is 2. The van der Waals surface area contributed by atoms with Crippen LogP contribution in [0.15, 0.2) is 143 Å². The van der Waals surface area contributed by atoms with Crippen molar-refractivity contribution in [2.75, 3.05) is 0 Å². The molecule has 0 aliphatic carbocycles. The van der Waals surface area contributed by atoms with Gasteiger partial charge in [0.2, 0.25) is 11.6 Å². The SMILES string of the molecule is Cc1cc(C)c(C2=C3C=CC(=N3)C(c3c(F)c(F)c(F)c(F)c3F)=c3ccc([nH]3)=C(c3c(C)cc(C)cc3C)c3cc4sc5cc(sc5c4s3)C(c3c(C)cc(C)cc3C)=C3C=CC(=N3)C(c3c(F)c(F)c(F)c(F)c3F)=c3ccc([nH]3)=C(c3c(C)cc(C)cc3C)c3cc4sc5cc2sc5c4s3)c(C)c1. The number of aromatic amines is 2. The third-order valence-corrected chi connectivity index (χ3v) is 27.6. The Labute approximate surface area is 624 Å². The molecule has 3 aliphatic heterocycles. The Bertz CT molecular complexity index is 6290. The highest BCUT2D eigenvalue weighted by Gasteiger charge is 2.35. The lowest BCUT2D eigenvalue weighted by atomic mass is 9.91. The van der Waals surface area contributed by atoms with Crippen molar-refractivity contribution in [1.29, 1.82) is 0 Å². The van der Waals surface area contributed by atoms with E-state index in [1.54, 1.807) is 71.2 Å². The van der Waals surface area contributed by atoms with E-state index in [4.69, 9.17) is 9.98 Å². The maximum atomic E-state index is 17.0. The van der Waals surface area contributed by atoms with Crippen molar-refractivity contribution < 1.29 is 43.9 Å². The summed E-state index contributed by atoms with van der Waals surface area (Å²) in [6.45, 7) is 23.9. The lowest BCUT2D eigenvalue weighted by molar-refractivity contribution is 0.376. The molecule has 4 nitrogen and oxygen atoms in total. The monoisotopic (exact) mass is 1530 g/mol. The predicted octanol–water partition coefficient (Wildman–Crippen LogP) is 22.6. The van der Waals surface area contributed by atoms with Crippen LogP contribution in [0.2, 0.25) is 0 Å². The average Bonchev–Trinajstić information content (AvgIpc) is 1.59. The first kappa shape index (κ1) is 69.3. The fraction of sp³-hybridized carbons (Fsp3) is 0.140. The third kappa shape index (κ3) is 10.9. The van der Waals surface area contributed by atoms with Crippen LogP contribution >= 0.6 is 68.0 Å². The van der Waals surface area contributed by atoms with Gasteiger partial charge in [-0.05, 0) is 223 Å². The smallest absolute Gasteiger partial charge is 0.200 e. The number of aromatic nitrogens is 2. The molecule has 14 aromatic rings. The highest BCUT2D eigenvalue weighted by Crippen LogP contribution is 2.52. The second-order valence-corrected chi connectivity index (χ2v) is 34.0. The van der Waals surface area contributed by atoms with Crippen molar-refractivity contribution in [2.45, 2.75) is 83.1 Å². The van der Waals surface area contributed by atoms with E-state index in [0.717, 1.165) is 146 Å². The summed E-state index contributed by atoms with van der Waals surface area (Å²) in [7, 11) is 0. The van der Waals surface area contributed by atoms with Gasteiger partial charge in [-0.3, -0.25) is 0 Å². The lowest BCUT2D eigenvalue weighted by Crippen LogP contribution is -2.22. The molecule has 20 heteroatoms. The summed E-state index contributed by atoms with van der Waals surface area (Å²) in [5.41, 5.74) is 14.8. The molecule has 0 saturated heterocycles. The number of H-pyrrole nitrogens is 2. The fourth-order valence-corrected chi connectivity index (χ4v) is 24.4. The Morgan fingerprint density at radius 3 is 0.736 bits per heavy atom. The fourth-order valence-electron chi connectivity index (χ4n) is 16.1. The summed E-state index contributed by atoms with van der Waals surface area (Å²) in [4.78, 5) is 20.5. The molecule has 17 rings (SSSR count). The van der Waals surface area contributed by atoms with E-state index >= 15 is 43.9 Å². The van der Waals surface area contributed by atoms with E-state index in [0.29, 0.717) is 44.4 Å². The van der Waals surface area contributed by atoms with Crippen molar-refractivity contribution in [1.82, 2.24) is 9.97 Å². The number of nitrogens with one attached hydrogen (secondary N) is 2. The van der Waals surface area contributed by atoms with E-state index < -0.39 is 69.3 Å². The topological polar surface area (TPSA) is 56.3 Å². The van der Waals surface area contributed by atoms with E-state index in [9.17, 15) is 0 Å². The molecule has 2 N–H and O–H groups in total. The number of fused-ring (bicyclic) bond motifs is 10. The number of aliphatic imine (C=N–C) groups is 2. The molecule has 0 saturated carbocycles. The van der Waals surface area contributed by atoms with Crippen LogP contribution in [0.5, 0.6) is 0 Å². The molecule has 0 radical (unpaired) electrons. The van der Waals surface area contributed by atoms with E-state index in [1.165, 1.54) is 45.3 Å². The number of benzene rings is 6. The summed E-state index contributed by atoms with van der Waals surface area (Å²) in [5.74, 6) is -21.1. The Kier molecular flexibility index (Phi) is 16.6. The van der Waals surface area contributed by atoms with Gasteiger partial charge in [0.25, 0.3) is 0 Å². The highest BCUT2D eigenvalue weighted by molar-refractivity contribution is 7.40. The number of thiophene rings is 6. The first-order valence-electron chi connectivity index (χ1n) is 33.8. The van der Waals surface area contributed by atoms with Crippen LogP contribution in [-0.4, -0.2) is 21.4 Å². The number of hydrogen-bond acceptors (Lipinski definition) is 8. The van der Waals surface area contributed by atoms with Crippen LogP contribution < -0.4 is 21.4 Å². The molecule has 528 valence electrons. The van der Waals surface area contributed by atoms with Gasteiger partial charge < -0.3 is 9.97 Å². The predicted molar refractivity (Wildman–Crippen MR) is 419 cm³/mol. The van der Waals surface area contributed by atoms with Gasteiger partial charge in [-0.15, -0.1) is 68.0 Å². The van der Waals surface area contributed by atoms with Gasteiger partial charge in [-0.2, -0.15) is 0 Å². The first-order valence-corrected chi connectivity index (χ1v) is 38.7. The molecule has 16 bridgehead atoms. The molecule has 0 atom stereocenters. The van der Waals surface area contributed by atoms with Crippen LogP contribution in [0, 0.1) is 141 Å². The van der Waals surface area contributed by atoms with Crippen molar-refractivity contribution in [3.8, 4) is 0 Å². The minimum atomic E-state index is -2.30. The molecule has 0 spiro atoms. The third-order valence-electron chi connectivity index (χ3n) is 20.0. The van der Waals surface area contributed by atoms with Crippen LogP contribution in [-0.2, 0) is 0 Å². The number of rotatable bonds is 6. The van der Waals surface area contributed by atoms with Crippen LogP contribution in [0.1, 0.15) is 120 Å². The van der Waals surface area contributed by atoms with Gasteiger partial charge in [0.15, 0.2) is 46.5 Å². The maximum absolute atomic E-state index is 17.0. The van der Waals surface area contributed by atoms with Gasteiger partial charge in [-0.1, -0.05) is 70.8 Å². The van der Waals surface area contributed by atoms with Gasteiger partial charge >= 0.3 is 0 Å². The quantitative estimate of drug-likeness (QED) is 0.0947. The Morgan fingerprint density at radius 1 is 0.245 bits per heavy atom. The second-order valence-electron chi connectivity index (χ2n) is 27.7. The molecule has 106 heavy (non-hydrogen) atoms. The van der Waals surface area contributed by atoms with Crippen LogP contribution in [0.3, 0.4) is 0 Å².